The molecule has 3 heterocycles. The number of carbonyl (C=O) groups is 1. The number of aromatic hydroxyl groups is 1. The third-order valence-electron chi connectivity index (χ3n) is 6.65. The lowest BCUT2D eigenvalue weighted by Gasteiger charge is -2.23. The van der Waals surface area contributed by atoms with Crippen LogP contribution in [-0.2, 0) is 9.53 Å². The molecule has 2 saturated heterocycles. The lowest BCUT2D eigenvalue weighted by molar-refractivity contribution is -0.123. The van der Waals surface area contributed by atoms with Crippen molar-refractivity contribution in [2.24, 2.45) is 5.92 Å². The summed E-state index contributed by atoms with van der Waals surface area (Å²) in [5.74, 6) is 2.07. The number of phenols is 1. The molecule has 2 N–H and O–H groups in total. The van der Waals surface area contributed by atoms with Gasteiger partial charge in [-0.2, -0.15) is 0 Å². The quantitative estimate of drug-likeness (QED) is 0.590. The molecule has 1 amide bonds. The molecule has 0 saturated carbocycles. The molecule has 33 heavy (non-hydrogen) atoms. The van der Waals surface area contributed by atoms with E-state index in [0.29, 0.717) is 30.3 Å². The number of phenolic OH excluding ortho intramolecular Hbond substituents is 1. The van der Waals surface area contributed by atoms with E-state index in [0.717, 1.165) is 61.3 Å². The largest absolute Gasteiger partial charge is 0.507 e. The van der Waals surface area contributed by atoms with E-state index in [4.69, 9.17) is 14.7 Å². The van der Waals surface area contributed by atoms with Crippen LogP contribution in [-0.4, -0.2) is 53.3 Å². The number of hydrogen-bond acceptors (Lipinski definition) is 6. The van der Waals surface area contributed by atoms with Gasteiger partial charge in [0, 0.05) is 48.4 Å². The first-order valence-corrected chi connectivity index (χ1v) is 11.8. The molecule has 178 valence electrons. The summed E-state index contributed by atoms with van der Waals surface area (Å²) in [6.07, 6.45) is 3.38. The van der Waals surface area contributed by atoms with E-state index in [2.05, 4.69) is 22.3 Å². The highest BCUT2D eigenvalue weighted by molar-refractivity contribution is 5.92. The fourth-order valence-electron chi connectivity index (χ4n) is 4.82. The zero-order valence-electron chi connectivity index (χ0n) is 19.0. The van der Waals surface area contributed by atoms with Crippen LogP contribution < -0.4 is 10.2 Å². The van der Waals surface area contributed by atoms with Crippen LogP contribution in [0.2, 0.25) is 0 Å². The summed E-state index contributed by atoms with van der Waals surface area (Å²) < 4.78 is 5.40. The minimum atomic E-state index is 0. The number of nitrogens with one attached hydrogen (secondary N) is 1. The Labute approximate surface area is 198 Å². The Morgan fingerprint density at radius 3 is 2.82 bits per heavy atom. The number of carbonyl (C=O) groups excluding carboxylic acids is 1. The maximum Gasteiger partial charge on any atom is 0.220 e. The van der Waals surface area contributed by atoms with Crippen molar-refractivity contribution in [2.75, 3.05) is 31.2 Å². The predicted octanol–water partition coefficient (Wildman–Crippen LogP) is 4.56. The maximum atomic E-state index is 12.6. The number of aryl methyl sites for hydroxylation is 1. The van der Waals surface area contributed by atoms with Gasteiger partial charge in [-0.25, -0.2) is 9.97 Å². The van der Waals surface area contributed by atoms with Gasteiger partial charge in [0.25, 0.3) is 0 Å². The summed E-state index contributed by atoms with van der Waals surface area (Å²) in [5, 5.41) is 14.6. The fourth-order valence-corrected chi connectivity index (χ4v) is 4.82. The van der Waals surface area contributed by atoms with E-state index in [1.807, 2.05) is 25.1 Å². The molecular formula is C26H36N4O3. The van der Waals surface area contributed by atoms with Gasteiger partial charge in [-0.05, 0) is 61.9 Å². The first kappa shape index (κ1) is 21.6. The van der Waals surface area contributed by atoms with Gasteiger partial charge >= 0.3 is 0 Å². The molecule has 0 aliphatic carbocycles. The molecule has 0 radical (unpaired) electrons. The minimum absolute atomic E-state index is 0. The topological polar surface area (TPSA) is 87.6 Å². The third-order valence-corrected chi connectivity index (χ3v) is 6.65. The molecule has 2 aromatic carbocycles. The Kier molecular flexibility index (Phi) is 6.13. The van der Waals surface area contributed by atoms with Crippen molar-refractivity contribution in [3.63, 3.8) is 0 Å². The van der Waals surface area contributed by atoms with Gasteiger partial charge in [0.1, 0.15) is 11.6 Å². The summed E-state index contributed by atoms with van der Waals surface area (Å²) in [5.41, 5.74) is 2.59. The molecule has 2 aliphatic rings. The Hall–Kier alpha value is -3.19. The molecular weight excluding hydrogens is 416 g/mol. The summed E-state index contributed by atoms with van der Waals surface area (Å²) in [4.78, 5) is 24.5. The Balaban J connectivity index is 0.00000152. The van der Waals surface area contributed by atoms with Gasteiger partial charge in [0.15, 0.2) is 5.82 Å². The number of para-hydroxylation sites is 1. The SMILES string of the molecule is Cc1ccc2c(N3CC[C@@H](NC(=O)CC4CCOCC4)C3)nc(-c3ccccc3O)nc2c1.[HH].[HH].[HH]. The minimum Gasteiger partial charge on any atom is -0.507 e. The van der Waals surface area contributed by atoms with Gasteiger partial charge in [0.05, 0.1) is 11.1 Å². The van der Waals surface area contributed by atoms with Crippen molar-refractivity contribution >= 4 is 22.6 Å². The molecule has 7 nitrogen and oxygen atoms in total. The Morgan fingerprint density at radius 2 is 2.00 bits per heavy atom. The lowest BCUT2D eigenvalue weighted by Crippen LogP contribution is -2.38. The molecule has 1 aromatic heterocycles. The summed E-state index contributed by atoms with van der Waals surface area (Å²) in [7, 11) is 0. The van der Waals surface area contributed by atoms with Crippen molar-refractivity contribution in [3.8, 4) is 17.1 Å². The van der Waals surface area contributed by atoms with Crippen LogP contribution in [0.3, 0.4) is 0 Å². The van der Waals surface area contributed by atoms with E-state index >= 15 is 0 Å². The fraction of sp³-hybridized carbons (Fsp3) is 0.423. The lowest BCUT2D eigenvalue weighted by atomic mass is 9.96. The summed E-state index contributed by atoms with van der Waals surface area (Å²) >= 11 is 0. The van der Waals surface area contributed by atoms with Crippen LogP contribution in [0.5, 0.6) is 5.75 Å². The van der Waals surface area contributed by atoms with Crippen LogP contribution in [0.25, 0.3) is 22.3 Å². The van der Waals surface area contributed by atoms with E-state index in [1.54, 1.807) is 12.1 Å². The number of amides is 1. The molecule has 2 aliphatic heterocycles. The van der Waals surface area contributed by atoms with Crippen LogP contribution in [0.1, 0.15) is 35.5 Å². The van der Waals surface area contributed by atoms with Crippen LogP contribution in [0, 0.1) is 12.8 Å². The number of hydrogen-bond donors (Lipinski definition) is 2. The van der Waals surface area contributed by atoms with Gasteiger partial charge in [0.2, 0.25) is 5.91 Å². The van der Waals surface area contributed by atoms with Crippen molar-refractivity contribution < 1.29 is 18.9 Å². The second kappa shape index (κ2) is 9.35. The van der Waals surface area contributed by atoms with E-state index in [1.165, 1.54) is 0 Å². The zero-order chi connectivity index (χ0) is 22.8. The van der Waals surface area contributed by atoms with Crippen molar-refractivity contribution in [3.05, 3.63) is 48.0 Å². The molecule has 3 aromatic rings. The van der Waals surface area contributed by atoms with Crippen molar-refractivity contribution in [1.82, 2.24) is 15.3 Å². The molecule has 0 unspecified atom stereocenters. The first-order chi connectivity index (χ1) is 16.1. The van der Waals surface area contributed by atoms with Gasteiger partial charge in [-0.1, -0.05) is 18.2 Å². The van der Waals surface area contributed by atoms with E-state index in [9.17, 15) is 9.90 Å². The molecule has 1 atom stereocenters. The summed E-state index contributed by atoms with van der Waals surface area (Å²) in [6, 6.07) is 13.4. The summed E-state index contributed by atoms with van der Waals surface area (Å²) in [6.45, 7) is 5.08. The van der Waals surface area contributed by atoms with Crippen LogP contribution in [0.4, 0.5) is 5.82 Å². The number of fused-ring (bicyclic) bond motifs is 1. The average Bonchev–Trinajstić information content (AvgIpc) is 3.27. The van der Waals surface area contributed by atoms with Crippen LogP contribution in [0.15, 0.2) is 42.5 Å². The standard InChI is InChI=1S/C26H30N4O3.3H2/c1-17-6-7-20-22(14-17)28-25(21-4-2-3-5-23(21)31)29-26(20)30-11-8-19(16-30)27-24(32)15-18-9-12-33-13-10-18;;;/h2-7,14,18-19,31H,8-13,15-16H2,1H3,(H,27,32);3*1H/t19-;;;/m1.../s1. The van der Waals surface area contributed by atoms with Gasteiger partial charge in [-0.3, -0.25) is 4.79 Å². The maximum absolute atomic E-state index is 12.6. The van der Waals surface area contributed by atoms with E-state index < -0.39 is 0 Å². The Morgan fingerprint density at radius 1 is 1.18 bits per heavy atom. The Bertz CT molecular complexity index is 1170. The van der Waals surface area contributed by atoms with Gasteiger partial charge < -0.3 is 20.1 Å². The monoisotopic (exact) mass is 452 g/mol. The first-order valence-electron chi connectivity index (χ1n) is 11.8. The normalized spacial score (nSPS) is 19.2. The molecule has 0 spiro atoms. The molecule has 5 rings (SSSR count). The second-order valence-corrected chi connectivity index (χ2v) is 9.17. The predicted molar refractivity (Wildman–Crippen MR) is 135 cm³/mol. The number of nitrogens with zero attached hydrogens (tertiary/aromatic N) is 3. The number of rotatable bonds is 5. The highest BCUT2D eigenvalue weighted by Crippen LogP contribution is 2.33. The average molecular weight is 453 g/mol. The molecule has 2 fully saturated rings. The zero-order valence-corrected chi connectivity index (χ0v) is 19.0. The van der Waals surface area contributed by atoms with Gasteiger partial charge in [-0.15, -0.1) is 0 Å². The van der Waals surface area contributed by atoms with Crippen molar-refractivity contribution in [1.29, 1.82) is 0 Å². The molecule has 0 bridgehead atoms. The third kappa shape index (κ3) is 4.78. The molecule has 7 heteroatoms. The second-order valence-electron chi connectivity index (χ2n) is 9.17. The number of aromatic nitrogens is 2. The smallest absolute Gasteiger partial charge is 0.220 e. The van der Waals surface area contributed by atoms with E-state index in [-0.39, 0.29) is 22.0 Å². The number of ether oxygens (including phenoxy) is 1. The number of anilines is 1. The number of benzene rings is 2. The highest BCUT2D eigenvalue weighted by Gasteiger charge is 2.28. The highest BCUT2D eigenvalue weighted by atomic mass is 16.5. The van der Waals surface area contributed by atoms with Crippen LogP contribution >= 0.6 is 0 Å². The van der Waals surface area contributed by atoms with Crippen molar-refractivity contribution in [2.45, 2.75) is 38.6 Å².